The summed E-state index contributed by atoms with van der Waals surface area (Å²) in [6.45, 7) is 4.34. The maximum atomic E-state index is 13.4. The fourth-order valence-corrected chi connectivity index (χ4v) is 6.51. The lowest BCUT2D eigenvalue weighted by atomic mass is 9.94. The normalized spacial score (nSPS) is 15.0. The third-order valence-electron chi connectivity index (χ3n) is 6.79. The molecule has 3 aromatic carbocycles. The van der Waals surface area contributed by atoms with E-state index >= 15 is 0 Å². The van der Waals surface area contributed by atoms with Crippen LogP contribution in [0.5, 0.6) is 11.5 Å². The van der Waals surface area contributed by atoms with Gasteiger partial charge in [-0.25, -0.2) is 12.7 Å². The first-order valence-electron chi connectivity index (χ1n) is 13.5. The van der Waals surface area contributed by atoms with Crippen molar-refractivity contribution in [3.63, 3.8) is 0 Å². The summed E-state index contributed by atoms with van der Waals surface area (Å²) in [7, 11) is -3.27. The van der Waals surface area contributed by atoms with Crippen LogP contribution < -0.4 is 14.8 Å². The van der Waals surface area contributed by atoms with Crippen molar-refractivity contribution >= 4 is 21.6 Å². The molecular formula is C30H33F3N2O5S. The van der Waals surface area contributed by atoms with E-state index in [0.717, 1.165) is 12.5 Å². The van der Waals surface area contributed by atoms with E-state index in [9.17, 15) is 26.4 Å². The number of ether oxygens (including phenoxy) is 2. The topological polar surface area (TPSA) is 84.9 Å². The monoisotopic (exact) mass is 590 g/mol. The van der Waals surface area contributed by atoms with Crippen LogP contribution >= 0.6 is 0 Å². The minimum absolute atomic E-state index is 0.0263. The molecule has 1 N–H and O–H groups in total. The number of amides is 1. The van der Waals surface area contributed by atoms with Crippen LogP contribution in [0.15, 0.2) is 66.7 Å². The van der Waals surface area contributed by atoms with Crippen molar-refractivity contribution in [1.82, 2.24) is 4.31 Å². The van der Waals surface area contributed by atoms with Gasteiger partial charge in [0.05, 0.1) is 11.3 Å². The van der Waals surface area contributed by atoms with Gasteiger partial charge in [-0.05, 0) is 67.1 Å². The molecule has 1 heterocycles. The summed E-state index contributed by atoms with van der Waals surface area (Å²) >= 11 is 0. The average Bonchev–Trinajstić information content (AvgIpc) is 2.92. The number of alkyl halides is 3. The smallest absolute Gasteiger partial charge is 0.490 e. The Labute approximate surface area is 238 Å². The molecule has 0 aliphatic carbocycles. The zero-order chi connectivity index (χ0) is 29.6. The molecule has 0 spiro atoms. The number of hydrogen-bond donors (Lipinski definition) is 1. The number of carbonyl (C=O) groups is 1. The summed E-state index contributed by atoms with van der Waals surface area (Å²) in [5.41, 5.74) is 2.03. The van der Waals surface area contributed by atoms with Gasteiger partial charge >= 0.3 is 6.36 Å². The standard InChI is InChI=1S/C30H33F3N2O5S/c1-3-4-17-41(37,38)35-15-13-24(14-16-35)39-25-12-8-11-23(19-25)34-29(36)27-20-26(40-30(31,32)33)18-21(2)28(27)22-9-6-5-7-10-22/h5-12,18-20,24H,3-4,13-17H2,1-2H3,(H,34,36). The molecular weight excluding hydrogens is 557 g/mol. The van der Waals surface area contributed by atoms with E-state index in [1.807, 2.05) is 6.92 Å². The van der Waals surface area contributed by atoms with Gasteiger partial charge in [0.1, 0.15) is 17.6 Å². The molecule has 1 fully saturated rings. The molecule has 1 aliphatic heterocycles. The van der Waals surface area contributed by atoms with Crippen molar-refractivity contribution in [1.29, 1.82) is 0 Å². The van der Waals surface area contributed by atoms with Crippen LogP contribution in [0, 0.1) is 6.92 Å². The molecule has 0 unspecified atom stereocenters. The molecule has 0 aromatic heterocycles. The number of carbonyl (C=O) groups excluding carboxylic acids is 1. The Hall–Kier alpha value is -3.57. The van der Waals surface area contributed by atoms with Gasteiger partial charge < -0.3 is 14.8 Å². The molecule has 41 heavy (non-hydrogen) atoms. The number of benzene rings is 3. The molecule has 0 saturated carbocycles. The van der Waals surface area contributed by atoms with Crippen LogP contribution in [-0.4, -0.2) is 49.9 Å². The van der Waals surface area contributed by atoms with Gasteiger partial charge in [0.15, 0.2) is 0 Å². The predicted molar refractivity (Wildman–Crippen MR) is 152 cm³/mol. The van der Waals surface area contributed by atoms with Crippen LogP contribution in [0.25, 0.3) is 11.1 Å². The van der Waals surface area contributed by atoms with Gasteiger partial charge in [-0.2, -0.15) is 0 Å². The van der Waals surface area contributed by atoms with Crippen molar-refractivity contribution in [2.45, 2.75) is 52.0 Å². The van der Waals surface area contributed by atoms with Gasteiger partial charge in [-0.1, -0.05) is 49.7 Å². The Balaban J connectivity index is 1.49. The fraction of sp³-hybridized carbons (Fsp3) is 0.367. The third-order valence-corrected chi connectivity index (χ3v) is 8.75. The maximum absolute atomic E-state index is 13.4. The average molecular weight is 591 g/mol. The molecule has 1 aliphatic rings. The van der Waals surface area contributed by atoms with Crippen LogP contribution in [0.1, 0.15) is 48.5 Å². The van der Waals surface area contributed by atoms with Crippen molar-refractivity contribution in [2.24, 2.45) is 0 Å². The first-order valence-corrected chi connectivity index (χ1v) is 15.1. The Morgan fingerprint density at radius 3 is 2.37 bits per heavy atom. The van der Waals surface area contributed by atoms with Gasteiger partial charge in [0, 0.05) is 24.8 Å². The molecule has 11 heteroatoms. The molecule has 4 rings (SSSR count). The minimum Gasteiger partial charge on any atom is -0.490 e. The Bertz CT molecular complexity index is 1450. The van der Waals surface area contributed by atoms with E-state index in [1.54, 1.807) is 61.5 Å². The van der Waals surface area contributed by atoms with Crippen molar-refractivity contribution < 1.29 is 35.9 Å². The van der Waals surface area contributed by atoms with E-state index < -0.39 is 28.0 Å². The number of anilines is 1. The maximum Gasteiger partial charge on any atom is 0.573 e. The Kier molecular flexibility index (Phi) is 9.60. The number of nitrogens with one attached hydrogen (secondary N) is 1. The molecule has 0 radical (unpaired) electrons. The van der Waals surface area contributed by atoms with Gasteiger partial charge in [0.25, 0.3) is 5.91 Å². The first kappa shape index (κ1) is 30.4. The minimum atomic E-state index is -4.91. The number of halogens is 3. The molecule has 1 saturated heterocycles. The lowest BCUT2D eigenvalue weighted by molar-refractivity contribution is -0.274. The highest BCUT2D eigenvalue weighted by atomic mass is 32.2. The number of nitrogens with zero attached hydrogens (tertiary/aromatic N) is 1. The van der Waals surface area contributed by atoms with Gasteiger partial charge in [0.2, 0.25) is 10.0 Å². The van der Waals surface area contributed by atoms with Crippen LogP contribution in [0.4, 0.5) is 18.9 Å². The summed E-state index contributed by atoms with van der Waals surface area (Å²) in [6, 6.07) is 18.0. The van der Waals surface area contributed by atoms with E-state index in [-0.39, 0.29) is 17.4 Å². The lowest BCUT2D eigenvalue weighted by Crippen LogP contribution is -2.42. The largest absolute Gasteiger partial charge is 0.573 e. The van der Waals surface area contributed by atoms with Crippen molar-refractivity contribution in [3.8, 4) is 22.6 Å². The zero-order valence-corrected chi connectivity index (χ0v) is 23.7. The Morgan fingerprint density at radius 2 is 1.71 bits per heavy atom. The molecule has 0 atom stereocenters. The second-order valence-corrected chi connectivity index (χ2v) is 12.0. The van der Waals surface area contributed by atoms with E-state index in [0.29, 0.717) is 60.5 Å². The summed E-state index contributed by atoms with van der Waals surface area (Å²) in [6.07, 6.45) is -2.59. The molecule has 3 aromatic rings. The van der Waals surface area contributed by atoms with Crippen molar-refractivity contribution in [2.75, 3.05) is 24.2 Å². The summed E-state index contributed by atoms with van der Waals surface area (Å²) in [5.74, 6) is -0.459. The van der Waals surface area contributed by atoms with Crippen LogP contribution in [-0.2, 0) is 10.0 Å². The zero-order valence-electron chi connectivity index (χ0n) is 22.9. The van der Waals surface area contributed by atoms with E-state index in [4.69, 9.17) is 4.74 Å². The van der Waals surface area contributed by atoms with Crippen LogP contribution in [0.3, 0.4) is 0 Å². The highest BCUT2D eigenvalue weighted by Crippen LogP contribution is 2.34. The second kappa shape index (κ2) is 12.9. The summed E-state index contributed by atoms with van der Waals surface area (Å²) in [5, 5.41) is 2.77. The fourth-order valence-electron chi connectivity index (χ4n) is 4.84. The highest BCUT2D eigenvalue weighted by molar-refractivity contribution is 7.89. The number of unbranched alkanes of at least 4 members (excludes halogenated alkanes) is 1. The van der Waals surface area contributed by atoms with Gasteiger partial charge in [-0.15, -0.1) is 13.2 Å². The van der Waals surface area contributed by atoms with E-state index in [2.05, 4.69) is 10.1 Å². The number of rotatable bonds is 10. The van der Waals surface area contributed by atoms with E-state index in [1.165, 1.54) is 10.4 Å². The second-order valence-electron chi connectivity index (χ2n) is 9.94. The quantitative estimate of drug-likeness (QED) is 0.281. The third kappa shape index (κ3) is 8.23. The number of piperidine rings is 1. The lowest BCUT2D eigenvalue weighted by Gasteiger charge is -2.31. The predicted octanol–water partition coefficient (Wildman–Crippen LogP) is 6.79. The number of hydrogen-bond acceptors (Lipinski definition) is 5. The summed E-state index contributed by atoms with van der Waals surface area (Å²) < 4.78 is 75.6. The molecule has 0 bridgehead atoms. The molecule has 220 valence electrons. The Morgan fingerprint density at radius 1 is 1.00 bits per heavy atom. The number of sulfonamides is 1. The molecule has 1 amide bonds. The summed E-state index contributed by atoms with van der Waals surface area (Å²) in [4.78, 5) is 13.4. The SMILES string of the molecule is CCCCS(=O)(=O)N1CCC(Oc2cccc(NC(=O)c3cc(OC(F)(F)F)cc(C)c3-c3ccccc3)c2)CC1. The number of aryl methyl sites for hydroxylation is 1. The van der Waals surface area contributed by atoms with Crippen LogP contribution in [0.2, 0.25) is 0 Å². The van der Waals surface area contributed by atoms with Gasteiger partial charge in [-0.3, -0.25) is 4.79 Å². The molecule has 7 nitrogen and oxygen atoms in total. The highest BCUT2D eigenvalue weighted by Gasteiger charge is 2.32. The van der Waals surface area contributed by atoms with Crippen molar-refractivity contribution in [3.05, 3.63) is 77.9 Å². The first-order chi connectivity index (χ1) is 19.4.